The molecule has 3 amide bonds. The van der Waals surface area contributed by atoms with Gasteiger partial charge >= 0.3 is 0 Å². The fourth-order valence-electron chi connectivity index (χ4n) is 1.99. The van der Waals surface area contributed by atoms with Gasteiger partial charge in [0.2, 0.25) is 17.7 Å². The van der Waals surface area contributed by atoms with E-state index in [1.165, 1.54) is 6.92 Å². The smallest absolute Gasteiger partial charge is 0.233 e. The highest BCUT2D eigenvalue weighted by atomic mass is 35.5. The third-order valence-electron chi connectivity index (χ3n) is 3.04. The van der Waals surface area contributed by atoms with Gasteiger partial charge in [0.15, 0.2) is 0 Å². The largest absolute Gasteiger partial charge is 0.326 e. The minimum absolute atomic E-state index is 0.187. The molecule has 0 atom stereocenters. The summed E-state index contributed by atoms with van der Waals surface area (Å²) in [5, 5.41) is 8.27. The Morgan fingerprint density at radius 1 is 0.840 bits per heavy atom. The molecule has 2 aromatic carbocycles. The lowest BCUT2D eigenvalue weighted by Gasteiger charge is -2.09. The molecule has 3 N–H and O–H groups in total. The van der Waals surface area contributed by atoms with Gasteiger partial charge in [0.1, 0.15) is 6.42 Å². The van der Waals surface area contributed by atoms with Gasteiger partial charge in [-0.05, 0) is 36.4 Å². The molecule has 2 rings (SSSR count). The number of halogens is 2. The third-order valence-corrected chi connectivity index (χ3v) is 3.85. The van der Waals surface area contributed by atoms with Gasteiger partial charge in [0.05, 0.1) is 15.7 Å². The molecule has 0 aliphatic rings. The van der Waals surface area contributed by atoms with Gasteiger partial charge in [-0.1, -0.05) is 29.3 Å². The highest BCUT2D eigenvalue weighted by Gasteiger charge is 2.12. The van der Waals surface area contributed by atoms with Crippen LogP contribution in [-0.2, 0) is 14.4 Å². The first-order valence-electron chi connectivity index (χ1n) is 7.26. The molecule has 0 unspecified atom stereocenters. The highest BCUT2D eigenvalue weighted by Crippen LogP contribution is 2.29. The van der Waals surface area contributed by atoms with Crippen molar-refractivity contribution in [1.29, 1.82) is 0 Å². The molecule has 0 aliphatic carbocycles. The van der Waals surface area contributed by atoms with Crippen LogP contribution < -0.4 is 16.0 Å². The van der Waals surface area contributed by atoms with Crippen LogP contribution in [0.4, 0.5) is 17.1 Å². The minimum Gasteiger partial charge on any atom is -0.326 e. The second-order valence-electron chi connectivity index (χ2n) is 5.13. The van der Waals surface area contributed by atoms with Crippen molar-refractivity contribution in [3.05, 3.63) is 52.5 Å². The Morgan fingerprint density at radius 2 is 1.40 bits per heavy atom. The Hall–Kier alpha value is -2.57. The van der Waals surface area contributed by atoms with E-state index in [2.05, 4.69) is 16.0 Å². The summed E-state index contributed by atoms with van der Waals surface area (Å²) in [6.45, 7) is 1.40. The van der Waals surface area contributed by atoms with Crippen LogP contribution in [0.1, 0.15) is 13.3 Å². The lowest BCUT2D eigenvalue weighted by Crippen LogP contribution is -2.21. The third kappa shape index (κ3) is 5.77. The first-order chi connectivity index (χ1) is 11.8. The van der Waals surface area contributed by atoms with Gasteiger partial charge in [-0.3, -0.25) is 14.4 Å². The summed E-state index contributed by atoms with van der Waals surface area (Å²) in [6.07, 6.45) is -0.379. The number of carbonyl (C=O) groups excluding carboxylic acids is 3. The molecule has 0 saturated heterocycles. The lowest BCUT2D eigenvalue weighted by molar-refractivity contribution is -0.123. The lowest BCUT2D eigenvalue weighted by atomic mass is 10.2. The Bertz CT molecular complexity index is 807. The molecule has 0 spiro atoms. The fourth-order valence-corrected chi connectivity index (χ4v) is 2.33. The Balaban J connectivity index is 1.90. The molecular formula is C17H15Cl2N3O3. The van der Waals surface area contributed by atoms with Gasteiger partial charge < -0.3 is 16.0 Å². The predicted molar refractivity (Wildman–Crippen MR) is 99.1 cm³/mol. The molecule has 0 fully saturated rings. The van der Waals surface area contributed by atoms with Crippen LogP contribution in [0, 0.1) is 0 Å². The first-order valence-corrected chi connectivity index (χ1v) is 8.02. The van der Waals surface area contributed by atoms with Crippen molar-refractivity contribution in [3.63, 3.8) is 0 Å². The Kier molecular flexibility index (Phi) is 6.38. The van der Waals surface area contributed by atoms with Gasteiger partial charge in [-0.15, -0.1) is 0 Å². The van der Waals surface area contributed by atoms with E-state index in [1.54, 1.807) is 42.5 Å². The SMILES string of the molecule is CC(=O)Nc1ccc(NC(=O)CC(=O)Nc2cccc(Cl)c2Cl)cc1. The molecule has 2 aromatic rings. The molecule has 0 heterocycles. The predicted octanol–water partition coefficient (Wildman–Crippen LogP) is 3.92. The maximum absolute atomic E-state index is 11.9. The van der Waals surface area contributed by atoms with Crippen molar-refractivity contribution >= 4 is 58.0 Å². The van der Waals surface area contributed by atoms with Crippen LogP contribution in [0.3, 0.4) is 0 Å². The van der Waals surface area contributed by atoms with E-state index in [1.807, 2.05) is 0 Å². The zero-order valence-electron chi connectivity index (χ0n) is 13.2. The number of hydrogen-bond acceptors (Lipinski definition) is 3. The Labute approximate surface area is 154 Å². The maximum Gasteiger partial charge on any atom is 0.233 e. The van der Waals surface area contributed by atoms with Crippen LogP contribution in [-0.4, -0.2) is 17.7 Å². The Morgan fingerprint density at radius 3 is 2.00 bits per heavy atom. The van der Waals surface area contributed by atoms with E-state index in [0.29, 0.717) is 22.1 Å². The molecule has 0 aliphatic heterocycles. The van der Waals surface area contributed by atoms with E-state index in [9.17, 15) is 14.4 Å². The average molecular weight is 380 g/mol. The van der Waals surface area contributed by atoms with E-state index >= 15 is 0 Å². The van der Waals surface area contributed by atoms with Crippen molar-refractivity contribution in [3.8, 4) is 0 Å². The summed E-state index contributed by atoms with van der Waals surface area (Å²) in [6, 6.07) is 11.3. The summed E-state index contributed by atoms with van der Waals surface area (Å²) in [4.78, 5) is 34.8. The molecule has 0 radical (unpaired) electrons. The number of carbonyl (C=O) groups is 3. The topological polar surface area (TPSA) is 87.3 Å². The molecule has 6 nitrogen and oxygen atoms in total. The average Bonchev–Trinajstić information content (AvgIpc) is 2.53. The molecule has 0 saturated carbocycles. The number of nitrogens with one attached hydrogen (secondary N) is 3. The van der Waals surface area contributed by atoms with Crippen LogP contribution in [0.15, 0.2) is 42.5 Å². The molecule has 25 heavy (non-hydrogen) atoms. The molecular weight excluding hydrogens is 365 g/mol. The number of amides is 3. The standard InChI is InChI=1S/C17H15Cl2N3O3/c1-10(23)20-11-5-7-12(8-6-11)21-15(24)9-16(25)22-14-4-2-3-13(18)17(14)19/h2-8H,9H2,1H3,(H,20,23)(H,21,24)(H,22,25). The van der Waals surface area contributed by atoms with Crippen LogP contribution in [0.2, 0.25) is 10.0 Å². The first kappa shape index (κ1) is 18.8. The quantitative estimate of drug-likeness (QED) is 0.687. The second-order valence-corrected chi connectivity index (χ2v) is 5.92. The summed E-state index contributed by atoms with van der Waals surface area (Å²) < 4.78 is 0. The highest BCUT2D eigenvalue weighted by molar-refractivity contribution is 6.44. The van der Waals surface area contributed by atoms with Crippen LogP contribution in [0.5, 0.6) is 0 Å². The van der Waals surface area contributed by atoms with Crippen molar-refractivity contribution in [2.24, 2.45) is 0 Å². The number of rotatable bonds is 5. The maximum atomic E-state index is 11.9. The fraction of sp³-hybridized carbons (Fsp3) is 0.118. The second kappa shape index (κ2) is 8.50. The van der Waals surface area contributed by atoms with Crippen molar-refractivity contribution in [2.75, 3.05) is 16.0 Å². The normalized spacial score (nSPS) is 10.0. The monoisotopic (exact) mass is 379 g/mol. The zero-order valence-corrected chi connectivity index (χ0v) is 14.7. The summed E-state index contributed by atoms with van der Waals surface area (Å²) in [7, 11) is 0. The molecule has 130 valence electrons. The van der Waals surface area contributed by atoms with E-state index < -0.39 is 11.8 Å². The number of hydrogen-bond donors (Lipinski definition) is 3. The number of anilines is 3. The summed E-state index contributed by atoms with van der Waals surface area (Å²) >= 11 is 11.8. The van der Waals surface area contributed by atoms with Gasteiger partial charge in [0, 0.05) is 18.3 Å². The summed E-state index contributed by atoms with van der Waals surface area (Å²) in [5.41, 5.74) is 1.46. The van der Waals surface area contributed by atoms with Crippen molar-refractivity contribution in [2.45, 2.75) is 13.3 Å². The van der Waals surface area contributed by atoms with E-state index in [-0.39, 0.29) is 17.4 Å². The van der Waals surface area contributed by atoms with Crippen LogP contribution >= 0.6 is 23.2 Å². The molecule has 0 bridgehead atoms. The van der Waals surface area contributed by atoms with Gasteiger partial charge in [-0.25, -0.2) is 0 Å². The van der Waals surface area contributed by atoms with Crippen molar-refractivity contribution < 1.29 is 14.4 Å². The van der Waals surface area contributed by atoms with E-state index in [0.717, 1.165) is 0 Å². The van der Waals surface area contributed by atoms with Crippen LogP contribution in [0.25, 0.3) is 0 Å². The minimum atomic E-state index is -0.517. The molecule has 8 heteroatoms. The van der Waals surface area contributed by atoms with Crippen molar-refractivity contribution in [1.82, 2.24) is 0 Å². The molecule has 0 aromatic heterocycles. The number of benzene rings is 2. The summed E-state index contributed by atoms with van der Waals surface area (Å²) in [5.74, 6) is -1.19. The van der Waals surface area contributed by atoms with Gasteiger partial charge in [0.25, 0.3) is 0 Å². The van der Waals surface area contributed by atoms with Gasteiger partial charge in [-0.2, -0.15) is 0 Å². The zero-order chi connectivity index (χ0) is 18.4. The van der Waals surface area contributed by atoms with E-state index in [4.69, 9.17) is 23.2 Å².